The number of nitrogens with zero attached hydrogens (tertiary/aromatic N) is 1. The third-order valence-electron chi connectivity index (χ3n) is 5.70. The minimum atomic E-state index is -0.960. The van der Waals surface area contributed by atoms with Gasteiger partial charge in [-0.05, 0) is 75.2 Å². The predicted octanol–water partition coefficient (Wildman–Crippen LogP) is 5.26. The van der Waals surface area contributed by atoms with Crippen molar-refractivity contribution in [3.05, 3.63) is 77.9 Å². The normalized spacial score (nSPS) is 12.6. The van der Waals surface area contributed by atoms with Crippen LogP contribution in [-0.2, 0) is 14.3 Å². The smallest absolute Gasteiger partial charge is 0.408 e. The Hall–Kier alpha value is -4.31. The van der Waals surface area contributed by atoms with Crippen LogP contribution in [0.1, 0.15) is 51.8 Å². The van der Waals surface area contributed by atoms with E-state index in [2.05, 4.69) is 16.6 Å². The van der Waals surface area contributed by atoms with Gasteiger partial charge in [0.05, 0.1) is 0 Å². The molecule has 7 nitrogen and oxygen atoms in total. The van der Waals surface area contributed by atoms with E-state index in [0.717, 1.165) is 10.8 Å². The highest BCUT2D eigenvalue weighted by molar-refractivity contribution is 6.00. The van der Waals surface area contributed by atoms with E-state index in [4.69, 9.17) is 11.2 Å². The van der Waals surface area contributed by atoms with E-state index < -0.39 is 29.7 Å². The zero-order valence-electron chi connectivity index (χ0n) is 21.9. The Kier molecular flexibility index (Phi) is 8.56. The molecule has 0 heterocycles. The molecule has 0 aliphatic heterocycles. The topological polar surface area (TPSA) is 87.7 Å². The first-order valence-corrected chi connectivity index (χ1v) is 12.2. The number of likely N-dealkylation sites (N-methyl/N-ethyl adjacent to an activating group) is 1. The van der Waals surface area contributed by atoms with Crippen LogP contribution < -0.4 is 10.6 Å². The molecule has 37 heavy (non-hydrogen) atoms. The zero-order valence-corrected chi connectivity index (χ0v) is 21.9. The number of rotatable bonds is 7. The molecule has 2 unspecified atom stereocenters. The lowest BCUT2D eigenvalue weighted by Gasteiger charge is -2.32. The maximum atomic E-state index is 13.7. The van der Waals surface area contributed by atoms with Gasteiger partial charge < -0.3 is 20.3 Å². The minimum absolute atomic E-state index is 0.228. The van der Waals surface area contributed by atoms with Crippen LogP contribution in [0.5, 0.6) is 0 Å². The van der Waals surface area contributed by atoms with E-state index in [0.29, 0.717) is 16.8 Å². The summed E-state index contributed by atoms with van der Waals surface area (Å²) in [4.78, 5) is 40.9. The maximum absolute atomic E-state index is 13.7. The average Bonchev–Trinajstić information content (AvgIpc) is 2.85. The number of hydrogen-bond donors (Lipinski definition) is 2. The van der Waals surface area contributed by atoms with Crippen molar-refractivity contribution in [2.45, 2.75) is 52.3 Å². The second kappa shape index (κ2) is 11.6. The van der Waals surface area contributed by atoms with E-state index in [-0.39, 0.29) is 12.5 Å². The summed E-state index contributed by atoms with van der Waals surface area (Å²) < 4.78 is 5.29. The van der Waals surface area contributed by atoms with Crippen LogP contribution in [-0.4, -0.2) is 41.0 Å². The number of ether oxygens (including phenoxy) is 1. The molecular weight excluding hydrogens is 466 g/mol. The molecule has 0 bridgehead atoms. The summed E-state index contributed by atoms with van der Waals surface area (Å²) in [5.74, 6) is 1.75. The van der Waals surface area contributed by atoms with Crippen molar-refractivity contribution in [3.63, 3.8) is 0 Å². The minimum Gasteiger partial charge on any atom is -0.444 e. The number of nitrogens with one attached hydrogen (secondary N) is 2. The zero-order chi connectivity index (χ0) is 27.2. The standard InChI is InChI=1S/C30H33N3O4/c1-7-21-13-15-23(16-14-21)26(27(34)32-25-18-17-22-11-9-10-12-24(22)19-25)33(8-2)28(35)20(3)31-29(36)37-30(4,5)6/h1,9-20,26H,8H2,2-6H3,(H,31,36)(H,32,34). The Morgan fingerprint density at radius 1 is 1.00 bits per heavy atom. The van der Waals surface area contributed by atoms with Crippen LogP contribution >= 0.6 is 0 Å². The fourth-order valence-electron chi connectivity index (χ4n) is 3.97. The van der Waals surface area contributed by atoms with Crippen molar-refractivity contribution < 1.29 is 19.1 Å². The van der Waals surface area contributed by atoms with E-state index in [1.54, 1.807) is 58.9 Å². The Balaban J connectivity index is 1.91. The molecule has 0 aliphatic carbocycles. The second-order valence-electron chi connectivity index (χ2n) is 9.71. The highest BCUT2D eigenvalue weighted by Gasteiger charge is 2.34. The number of amides is 3. The number of carbonyl (C=O) groups excluding carboxylic acids is 3. The summed E-state index contributed by atoms with van der Waals surface area (Å²) in [6, 6.07) is 18.5. The first kappa shape index (κ1) is 27.3. The Morgan fingerprint density at radius 3 is 2.24 bits per heavy atom. The van der Waals surface area contributed by atoms with Gasteiger partial charge in [-0.25, -0.2) is 4.79 Å². The Labute approximate surface area is 218 Å². The summed E-state index contributed by atoms with van der Waals surface area (Å²) in [7, 11) is 0. The van der Waals surface area contributed by atoms with Crippen molar-refractivity contribution in [1.82, 2.24) is 10.2 Å². The van der Waals surface area contributed by atoms with Crippen molar-refractivity contribution in [2.24, 2.45) is 0 Å². The molecule has 7 heteroatoms. The van der Waals surface area contributed by atoms with Gasteiger partial charge in [0, 0.05) is 17.8 Å². The van der Waals surface area contributed by atoms with Gasteiger partial charge in [0.25, 0.3) is 5.91 Å². The molecule has 0 radical (unpaired) electrons. The van der Waals surface area contributed by atoms with Gasteiger partial charge in [-0.2, -0.15) is 0 Å². The molecule has 2 atom stereocenters. The molecule has 3 aromatic rings. The van der Waals surface area contributed by atoms with Crippen LogP contribution in [0.2, 0.25) is 0 Å². The molecule has 192 valence electrons. The van der Waals surface area contributed by atoms with Crippen LogP contribution in [0.25, 0.3) is 10.8 Å². The maximum Gasteiger partial charge on any atom is 0.408 e. The number of benzene rings is 3. The molecule has 0 aromatic heterocycles. The van der Waals surface area contributed by atoms with Gasteiger partial charge in [0.2, 0.25) is 5.91 Å². The quantitative estimate of drug-likeness (QED) is 0.434. The third-order valence-corrected chi connectivity index (χ3v) is 5.70. The molecule has 3 aromatic carbocycles. The van der Waals surface area contributed by atoms with Gasteiger partial charge in [-0.15, -0.1) is 6.42 Å². The fourth-order valence-corrected chi connectivity index (χ4v) is 3.97. The van der Waals surface area contributed by atoms with Crippen LogP contribution in [0.15, 0.2) is 66.7 Å². The first-order chi connectivity index (χ1) is 17.5. The number of hydrogen-bond acceptors (Lipinski definition) is 4. The second-order valence-corrected chi connectivity index (χ2v) is 9.71. The molecular formula is C30H33N3O4. The highest BCUT2D eigenvalue weighted by atomic mass is 16.6. The van der Waals surface area contributed by atoms with Gasteiger partial charge in [0.1, 0.15) is 17.7 Å². The molecule has 3 amide bonds. The first-order valence-electron chi connectivity index (χ1n) is 12.2. The number of fused-ring (bicyclic) bond motifs is 1. The molecule has 0 saturated carbocycles. The average molecular weight is 500 g/mol. The van der Waals surface area contributed by atoms with Crippen LogP contribution in [0.4, 0.5) is 10.5 Å². The molecule has 0 spiro atoms. The SMILES string of the molecule is C#Cc1ccc(C(C(=O)Nc2ccc3ccccc3c2)N(CC)C(=O)C(C)NC(=O)OC(C)(C)C)cc1. The van der Waals surface area contributed by atoms with Crippen molar-refractivity contribution >= 4 is 34.4 Å². The van der Waals surface area contributed by atoms with E-state index in [1.165, 1.54) is 4.90 Å². The van der Waals surface area contributed by atoms with Crippen LogP contribution in [0, 0.1) is 12.3 Å². The Morgan fingerprint density at radius 2 is 1.65 bits per heavy atom. The van der Waals surface area contributed by atoms with Crippen molar-refractivity contribution in [2.75, 3.05) is 11.9 Å². The third kappa shape index (κ3) is 7.11. The lowest BCUT2D eigenvalue weighted by molar-refractivity contribution is -0.140. The van der Waals surface area contributed by atoms with Crippen molar-refractivity contribution in [1.29, 1.82) is 0 Å². The largest absolute Gasteiger partial charge is 0.444 e. The van der Waals surface area contributed by atoms with Gasteiger partial charge in [-0.1, -0.05) is 48.4 Å². The Bertz CT molecular complexity index is 1320. The highest BCUT2D eigenvalue weighted by Crippen LogP contribution is 2.26. The van der Waals surface area contributed by atoms with E-state index >= 15 is 0 Å². The van der Waals surface area contributed by atoms with Crippen LogP contribution in [0.3, 0.4) is 0 Å². The predicted molar refractivity (Wildman–Crippen MR) is 146 cm³/mol. The molecule has 2 N–H and O–H groups in total. The summed E-state index contributed by atoms with van der Waals surface area (Å²) >= 11 is 0. The van der Waals surface area contributed by atoms with E-state index in [9.17, 15) is 14.4 Å². The monoisotopic (exact) mass is 499 g/mol. The molecule has 3 rings (SSSR count). The summed E-state index contributed by atoms with van der Waals surface area (Å²) in [6.07, 6.45) is 4.79. The lowest BCUT2D eigenvalue weighted by Crippen LogP contribution is -2.51. The van der Waals surface area contributed by atoms with Gasteiger partial charge in [0.15, 0.2) is 0 Å². The fraction of sp³-hybridized carbons (Fsp3) is 0.300. The van der Waals surface area contributed by atoms with Gasteiger partial charge in [-0.3, -0.25) is 9.59 Å². The van der Waals surface area contributed by atoms with Crippen molar-refractivity contribution in [3.8, 4) is 12.3 Å². The summed E-state index contributed by atoms with van der Waals surface area (Å²) in [5, 5.41) is 7.56. The van der Waals surface area contributed by atoms with Gasteiger partial charge >= 0.3 is 6.09 Å². The number of carbonyl (C=O) groups is 3. The number of anilines is 1. The summed E-state index contributed by atoms with van der Waals surface area (Å²) in [6.45, 7) is 8.80. The molecule has 0 saturated heterocycles. The summed E-state index contributed by atoms with van der Waals surface area (Å²) in [5.41, 5.74) is 1.15. The van der Waals surface area contributed by atoms with E-state index in [1.807, 2.05) is 42.5 Å². The lowest BCUT2D eigenvalue weighted by atomic mass is 10.0. The molecule has 0 fully saturated rings. The number of alkyl carbamates (subject to hydrolysis) is 1. The number of terminal acetylenes is 1. The molecule has 0 aliphatic rings.